The van der Waals surface area contributed by atoms with Gasteiger partial charge in [-0.25, -0.2) is 0 Å². The van der Waals surface area contributed by atoms with Crippen LogP contribution < -0.4 is 49.1 Å². The van der Waals surface area contributed by atoms with E-state index in [-0.39, 0.29) is 107 Å². The van der Waals surface area contributed by atoms with Gasteiger partial charge < -0.3 is 79.1 Å². The Morgan fingerprint density at radius 2 is 1.11 bits per heavy atom. The lowest BCUT2D eigenvalue weighted by Gasteiger charge is -2.31. The number of hydrogen-bond acceptors (Lipinski definition) is 13. The lowest BCUT2D eigenvalue weighted by molar-refractivity contribution is -0.141. The Morgan fingerprint density at radius 3 is 1.68 bits per heavy atom. The number of Topliss-reactive ketones (excluding diaryl/α,β-unsaturated/α-hetero) is 1. The van der Waals surface area contributed by atoms with Gasteiger partial charge in [0.25, 0.3) is 0 Å². The average molecular weight is 1360 g/mol. The number of H-pyrrole nitrogens is 2. The van der Waals surface area contributed by atoms with Gasteiger partial charge in [0.15, 0.2) is 11.7 Å². The molecule has 0 bridgehead atoms. The van der Waals surface area contributed by atoms with Crippen molar-refractivity contribution >= 4 is 92.4 Å². The number of fused-ring (bicyclic) bond motifs is 2. The summed E-state index contributed by atoms with van der Waals surface area (Å²) in [6.07, 6.45) is 4.73. The number of aromatic hydroxyl groups is 1. The summed E-state index contributed by atoms with van der Waals surface area (Å²) in [5.41, 5.74) is 21.6. The second-order valence-electron chi connectivity index (χ2n) is 25.2. The van der Waals surface area contributed by atoms with Crippen molar-refractivity contribution in [2.24, 2.45) is 28.1 Å². The number of aliphatic hydroxyl groups excluding tert-OH is 1. The molecule has 8 amide bonds. The van der Waals surface area contributed by atoms with Gasteiger partial charge in [-0.2, -0.15) is 0 Å². The van der Waals surface area contributed by atoms with Crippen LogP contribution in [0.15, 0.2) is 145 Å². The maximum absolute atomic E-state index is 15.2. The number of aliphatic imine (C=N–C) groups is 1. The minimum atomic E-state index is -1.76. The molecule has 8 atom stereocenters. The van der Waals surface area contributed by atoms with Crippen LogP contribution in [-0.2, 0) is 75.3 Å². The SMILES string of the molecule is CC(C)C[C@H](NC(=O)[C@@H](Cc1c[nH]c2ccccc12)NC(=O)[C@H](Cc1ccc(O)cc1)NC(=O)[C@H](CO)NC(=O)[C@H](Cc1c[nH]c2ccccc12)NC(=O)[C@H](Cc1ccccc1)N(C)C(=O)CCc1ccc(Cl)cc1)C(=O)N[C@@H](CCCN=C(N)N)C(=O)N1CCC[C@H]1C(=O)CCN. The Labute approximate surface area is 573 Å². The number of para-hydroxylation sites is 2. The summed E-state index contributed by atoms with van der Waals surface area (Å²) in [5.74, 6) is -6.58. The number of nitrogens with zero attached hydrogens (tertiary/aromatic N) is 3. The highest BCUT2D eigenvalue weighted by Crippen LogP contribution is 2.25. The van der Waals surface area contributed by atoms with Gasteiger partial charge in [-0.15, -0.1) is 0 Å². The molecular formula is C72H89ClN14O11. The van der Waals surface area contributed by atoms with E-state index < -0.39 is 96.3 Å². The number of likely N-dealkylation sites (tertiary alicyclic amines) is 1. The number of nitrogens with one attached hydrogen (secondary N) is 8. The van der Waals surface area contributed by atoms with Crippen molar-refractivity contribution in [1.82, 2.24) is 51.7 Å². The molecular weight excluding hydrogens is 1270 g/mol. The highest BCUT2D eigenvalue weighted by molar-refractivity contribution is 6.30. The van der Waals surface area contributed by atoms with E-state index >= 15 is 9.59 Å². The summed E-state index contributed by atoms with van der Waals surface area (Å²) in [6, 6.07) is 26.0. The molecule has 520 valence electrons. The third kappa shape index (κ3) is 20.7. The molecule has 0 spiro atoms. The lowest BCUT2D eigenvalue weighted by Crippen LogP contribution is -2.61. The van der Waals surface area contributed by atoms with E-state index in [2.05, 4.69) is 46.9 Å². The van der Waals surface area contributed by atoms with Gasteiger partial charge in [0, 0.05) is 97.9 Å². The molecule has 0 unspecified atom stereocenters. The van der Waals surface area contributed by atoms with Crippen molar-refractivity contribution in [3.63, 3.8) is 0 Å². The number of phenols is 1. The number of rotatable bonds is 35. The van der Waals surface area contributed by atoms with Crippen LogP contribution >= 0.6 is 11.6 Å². The van der Waals surface area contributed by atoms with Gasteiger partial charge in [-0.1, -0.05) is 116 Å². The summed E-state index contributed by atoms with van der Waals surface area (Å²) in [4.78, 5) is 145. The highest BCUT2D eigenvalue weighted by atomic mass is 35.5. The molecule has 8 rings (SSSR count). The summed E-state index contributed by atoms with van der Waals surface area (Å²) in [6.45, 7) is 3.17. The zero-order chi connectivity index (χ0) is 70.4. The zero-order valence-electron chi connectivity index (χ0n) is 55.3. The van der Waals surface area contributed by atoms with E-state index in [0.29, 0.717) is 41.0 Å². The third-order valence-electron chi connectivity index (χ3n) is 17.5. The van der Waals surface area contributed by atoms with E-state index in [4.69, 9.17) is 28.8 Å². The predicted molar refractivity (Wildman–Crippen MR) is 374 cm³/mol. The Hall–Kier alpha value is -10.1. The second-order valence-corrected chi connectivity index (χ2v) is 25.6. The summed E-state index contributed by atoms with van der Waals surface area (Å²) in [7, 11) is 1.52. The fourth-order valence-corrected chi connectivity index (χ4v) is 12.3. The van der Waals surface area contributed by atoms with Crippen molar-refractivity contribution < 1.29 is 53.4 Å². The van der Waals surface area contributed by atoms with Crippen LogP contribution in [0.25, 0.3) is 21.8 Å². The number of ketones is 1. The smallest absolute Gasteiger partial charge is 0.245 e. The molecule has 26 heteroatoms. The highest BCUT2D eigenvalue weighted by Gasteiger charge is 2.40. The maximum Gasteiger partial charge on any atom is 0.245 e. The number of aromatic amines is 2. The van der Waals surface area contributed by atoms with Gasteiger partial charge in [0.05, 0.1) is 12.6 Å². The molecule has 0 aliphatic carbocycles. The Balaban J connectivity index is 1.06. The molecule has 2 aromatic heterocycles. The summed E-state index contributed by atoms with van der Waals surface area (Å²) < 4.78 is 0. The van der Waals surface area contributed by atoms with E-state index in [1.54, 1.807) is 42.7 Å². The van der Waals surface area contributed by atoms with Crippen LogP contribution in [0.3, 0.4) is 0 Å². The van der Waals surface area contributed by atoms with Crippen LogP contribution in [0, 0.1) is 5.92 Å². The molecule has 16 N–H and O–H groups in total. The van der Waals surface area contributed by atoms with Crippen LogP contribution in [0.5, 0.6) is 5.75 Å². The Kier molecular flexibility index (Phi) is 26.9. The number of guanidine groups is 1. The number of amides is 8. The van der Waals surface area contributed by atoms with Crippen molar-refractivity contribution in [2.75, 3.05) is 33.3 Å². The first-order valence-corrected chi connectivity index (χ1v) is 33.4. The average Bonchev–Trinajstić information content (AvgIpc) is 1.62. The van der Waals surface area contributed by atoms with Crippen LogP contribution in [-0.4, -0.2) is 171 Å². The minimum absolute atomic E-state index is 0.0441. The number of likely N-dealkylation sites (N-methyl/N-ethyl adjacent to an activating group) is 1. The van der Waals surface area contributed by atoms with E-state index in [1.807, 2.05) is 86.6 Å². The topological polar surface area (TPSA) is 395 Å². The van der Waals surface area contributed by atoms with Crippen molar-refractivity contribution in [1.29, 1.82) is 0 Å². The molecule has 1 aliphatic rings. The van der Waals surface area contributed by atoms with Gasteiger partial charge in [0.1, 0.15) is 48.0 Å². The Morgan fingerprint density at radius 1 is 0.612 bits per heavy atom. The first-order valence-electron chi connectivity index (χ1n) is 33.0. The molecule has 0 saturated carbocycles. The third-order valence-corrected chi connectivity index (χ3v) is 17.7. The number of carbonyl (C=O) groups is 9. The number of hydrogen-bond donors (Lipinski definition) is 13. The number of aromatic nitrogens is 2. The predicted octanol–water partition coefficient (Wildman–Crippen LogP) is 3.65. The van der Waals surface area contributed by atoms with Crippen LogP contribution in [0.2, 0.25) is 5.02 Å². The van der Waals surface area contributed by atoms with E-state index in [9.17, 15) is 43.8 Å². The molecule has 3 heterocycles. The summed E-state index contributed by atoms with van der Waals surface area (Å²) in [5, 5.41) is 40.0. The monoisotopic (exact) mass is 1360 g/mol. The molecule has 7 aromatic rings. The number of carbonyl (C=O) groups excluding carboxylic acids is 9. The number of halogens is 1. The van der Waals surface area contributed by atoms with E-state index in [1.165, 1.54) is 41.1 Å². The molecule has 1 fully saturated rings. The number of aryl methyl sites for hydroxylation is 1. The largest absolute Gasteiger partial charge is 0.508 e. The first kappa shape index (κ1) is 73.7. The fraction of sp³-hybridized carbons (Fsp3) is 0.389. The molecule has 5 aromatic carbocycles. The number of benzene rings is 5. The fourth-order valence-electron chi connectivity index (χ4n) is 12.2. The standard InChI is InChI=1S/C72H89ClN14O11/c1-43(2)35-56(65(92)80-55(19-11-33-77-72(75)76)71(98)87-34-12-20-61(87)63(90)31-32-74)81-67(94)58(38-47-40-78-53-17-9-7-15-51(47)53)83-66(93)57(36-46-23-28-50(89)29-24-46)82-69(96)60(42-88)85-68(95)59(39-48-41-79-54-18-10-8-16-52(48)54)84-70(97)62(37-45-13-5-4-6-14-45)86(3)64(91)30-25-44-21-26-49(73)27-22-44/h4-10,13-18,21-24,26-29,40-41,43,55-62,78-79,88-89H,11-12,19-20,25,30-39,42,74H2,1-3H3,(H,80,92)(H,81,94)(H,82,96)(H,83,93)(H,84,97)(H,85,95)(H4,75,76,77)/t55-,56-,57-,58+,59-,60-,61-,62-/m0/s1. The lowest BCUT2D eigenvalue weighted by atomic mass is 9.99. The Bertz CT molecular complexity index is 3910. The van der Waals surface area contributed by atoms with Gasteiger partial charge in [-0.3, -0.25) is 48.1 Å². The van der Waals surface area contributed by atoms with Crippen LogP contribution in [0.1, 0.15) is 86.6 Å². The molecule has 0 radical (unpaired) electrons. The zero-order valence-corrected chi connectivity index (χ0v) is 56.1. The molecule has 1 saturated heterocycles. The minimum Gasteiger partial charge on any atom is -0.508 e. The first-order chi connectivity index (χ1) is 47.1. The van der Waals surface area contributed by atoms with Crippen molar-refractivity contribution in [2.45, 2.75) is 139 Å². The van der Waals surface area contributed by atoms with Gasteiger partial charge in [0.2, 0.25) is 47.3 Å². The maximum atomic E-state index is 15.2. The summed E-state index contributed by atoms with van der Waals surface area (Å²) >= 11 is 6.12. The molecule has 25 nitrogen and oxygen atoms in total. The van der Waals surface area contributed by atoms with E-state index in [0.717, 1.165) is 32.9 Å². The molecule has 98 heavy (non-hydrogen) atoms. The van der Waals surface area contributed by atoms with Crippen molar-refractivity contribution in [3.05, 3.63) is 173 Å². The quantitative estimate of drug-likeness (QED) is 0.0153. The number of aliphatic hydroxyl groups is 1. The second kappa shape index (κ2) is 35.8. The number of nitrogens with two attached hydrogens (primary N) is 3. The van der Waals surface area contributed by atoms with Crippen molar-refractivity contribution in [3.8, 4) is 5.75 Å². The number of phenolic OH excluding ortho intramolecular Hbond substituents is 1. The van der Waals surface area contributed by atoms with Gasteiger partial charge >= 0.3 is 0 Å². The normalized spacial score (nSPS) is 15.0. The molecule has 1 aliphatic heterocycles. The van der Waals surface area contributed by atoms with Crippen LogP contribution in [0.4, 0.5) is 0 Å². The van der Waals surface area contributed by atoms with Gasteiger partial charge in [-0.05, 0) is 115 Å².